The van der Waals surface area contributed by atoms with E-state index in [0.29, 0.717) is 0 Å². The van der Waals surface area contributed by atoms with Gasteiger partial charge in [-0.2, -0.15) is 0 Å². The van der Waals surface area contributed by atoms with Gasteiger partial charge in [-0.1, -0.05) is 12.1 Å². The van der Waals surface area contributed by atoms with Crippen LogP contribution < -0.4 is 0 Å². The third-order valence-electron chi connectivity index (χ3n) is 1.31. The number of rotatable bonds is 2. The third-order valence-corrected chi connectivity index (χ3v) is 1.31. The topological polar surface area (TPSA) is 89.0 Å². The molecule has 0 heterocycles. The second-order valence-electron chi connectivity index (χ2n) is 2.26. The van der Waals surface area contributed by atoms with Crippen molar-refractivity contribution in [3.8, 4) is 5.75 Å². The number of hydrogen-bond acceptors (Lipinski definition) is 2. The predicted octanol–water partition coefficient (Wildman–Crippen LogP) is 0.665. The van der Waals surface area contributed by atoms with E-state index in [9.17, 15) is 4.79 Å². The summed E-state index contributed by atoms with van der Waals surface area (Å²) in [5, 5.41) is 17.2. The maximum absolute atomic E-state index is 10.1. The first-order chi connectivity index (χ1) is 5.68. The number of carboxylic acid groups (broad SMARTS) is 1. The van der Waals surface area contributed by atoms with Crippen LogP contribution in [0.4, 0.5) is 0 Å². The largest absolute Gasteiger partial charge is 0.508 e. The molecule has 4 nitrogen and oxygen atoms in total. The Bertz CT molecular complexity index is 300. The van der Waals surface area contributed by atoms with E-state index in [-0.39, 0.29) is 11.2 Å². The van der Waals surface area contributed by atoms with Gasteiger partial charge >= 0.3 is 5.97 Å². The van der Waals surface area contributed by atoms with Gasteiger partial charge in [0.1, 0.15) is 5.75 Å². The monoisotopic (exact) mass is 182 g/mol. The standard InChI is InChI=1S/C9H8O3.H2O/c10-8-4-1-7(2-5-8)3-6-9(11)12;/h1-6,10H,(H,11,12);1H2. The van der Waals surface area contributed by atoms with Crippen molar-refractivity contribution in [1.29, 1.82) is 0 Å². The van der Waals surface area contributed by atoms with Crippen LogP contribution in [0.25, 0.3) is 6.08 Å². The molecule has 4 N–H and O–H groups in total. The summed E-state index contributed by atoms with van der Waals surface area (Å²) < 4.78 is 0. The number of benzene rings is 1. The molecule has 4 heteroatoms. The van der Waals surface area contributed by atoms with Gasteiger partial charge in [-0.05, 0) is 23.8 Å². The van der Waals surface area contributed by atoms with Crippen LogP contribution in [0.3, 0.4) is 0 Å². The molecular weight excluding hydrogens is 172 g/mol. The van der Waals surface area contributed by atoms with Crippen LogP contribution in [-0.4, -0.2) is 21.7 Å². The fraction of sp³-hybridized carbons (Fsp3) is 0. The first kappa shape index (κ1) is 11.2. The van der Waals surface area contributed by atoms with Crippen LogP contribution in [0.5, 0.6) is 5.75 Å². The summed E-state index contributed by atoms with van der Waals surface area (Å²) in [4.78, 5) is 10.1. The number of aliphatic carboxylic acids is 1. The van der Waals surface area contributed by atoms with Gasteiger partial charge < -0.3 is 15.7 Å². The highest BCUT2D eigenvalue weighted by Gasteiger charge is 1.89. The lowest BCUT2D eigenvalue weighted by Crippen LogP contribution is -1.85. The highest BCUT2D eigenvalue weighted by Crippen LogP contribution is 2.10. The van der Waals surface area contributed by atoms with Gasteiger partial charge in [-0.3, -0.25) is 0 Å². The average molecular weight is 182 g/mol. The van der Waals surface area contributed by atoms with Crippen molar-refractivity contribution in [3.63, 3.8) is 0 Å². The number of phenolic OH excluding ortho intramolecular Hbond substituents is 1. The van der Waals surface area contributed by atoms with E-state index >= 15 is 0 Å². The quantitative estimate of drug-likeness (QED) is 0.658. The fourth-order valence-electron chi connectivity index (χ4n) is 0.753. The minimum Gasteiger partial charge on any atom is -0.508 e. The summed E-state index contributed by atoms with van der Waals surface area (Å²) in [6.07, 6.45) is 2.51. The summed E-state index contributed by atoms with van der Waals surface area (Å²) in [6.45, 7) is 0. The number of phenols is 1. The molecule has 0 radical (unpaired) electrons. The minimum absolute atomic E-state index is 0. The molecule has 0 aliphatic heterocycles. The predicted molar refractivity (Wildman–Crippen MR) is 48.4 cm³/mol. The summed E-state index contributed by atoms with van der Waals surface area (Å²) >= 11 is 0. The molecule has 1 aromatic rings. The van der Waals surface area contributed by atoms with Crippen LogP contribution in [0.2, 0.25) is 0 Å². The molecule has 1 aromatic carbocycles. The Morgan fingerprint density at radius 1 is 1.23 bits per heavy atom. The van der Waals surface area contributed by atoms with Gasteiger partial charge in [0.05, 0.1) is 0 Å². The minimum atomic E-state index is -0.983. The molecule has 0 fully saturated rings. The Balaban J connectivity index is 0.00000144. The molecule has 0 unspecified atom stereocenters. The summed E-state index contributed by atoms with van der Waals surface area (Å²) in [7, 11) is 0. The Labute approximate surface area is 75.1 Å². The van der Waals surface area contributed by atoms with Crippen LogP contribution in [-0.2, 0) is 4.79 Å². The average Bonchev–Trinajstić information content (AvgIpc) is 2.03. The van der Waals surface area contributed by atoms with E-state index in [2.05, 4.69) is 0 Å². The molecular formula is C9H10O4. The van der Waals surface area contributed by atoms with Crippen LogP contribution in [0.1, 0.15) is 5.56 Å². The van der Waals surface area contributed by atoms with Crippen molar-refractivity contribution in [3.05, 3.63) is 35.9 Å². The van der Waals surface area contributed by atoms with E-state index in [0.717, 1.165) is 11.6 Å². The van der Waals surface area contributed by atoms with E-state index in [4.69, 9.17) is 10.2 Å². The van der Waals surface area contributed by atoms with Gasteiger partial charge in [-0.25, -0.2) is 4.79 Å². The smallest absolute Gasteiger partial charge is 0.328 e. The van der Waals surface area contributed by atoms with Gasteiger partial charge in [0, 0.05) is 6.08 Å². The lowest BCUT2D eigenvalue weighted by Gasteiger charge is -1.92. The van der Waals surface area contributed by atoms with E-state index in [1.165, 1.54) is 18.2 Å². The maximum Gasteiger partial charge on any atom is 0.328 e. The van der Waals surface area contributed by atoms with Crippen LogP contribution in [0.15, 0.2) is 30.3 Å². The first-order valence-electron chi connectivity index (χ1n) is 3.38. The lowest BCUT2D eigenvalue weighted by atomic mass is 10.2. The number of carboxylic acids is 1. The zero-order valence-electron chi connectivity index (χ0n) is 6.77. The van der Waals surface area contributed by atoms with Gasteiger partial charge in [0.2, 0.25) is 0 Å². The maximum atomic E-state index is 10.1. The second-order valence-corrected chi connectivity index (χ2v) is 2.26. The molecule has 0 aromatic heterocycles. The van der Waals surface area contributed by atoms with Crippen molar-refractivity contribution in [2.24, 2.45) is 0 Å². The van der Waals surface area contributed by atoms with E-state index < -0.39 is 5.97 Å². The summed E-state index contributed by atoms with van der Waals surface area (Å²) in [5.74, 6) is -0.814. The first-order valence-corrected chi connectivity index (χ1v) is 3.38. The Kier molecular flexibility index (Phi) is 4.26. The third kappa shape index (κ3) is 3.93. The molecule has 0 aliphatic rings. The fourth-order valence-corrected chi connectivity index (χ4v) is 0.753. The van der Waals surface area contributed by atoms with Crippen molar-refractivity contribution in [1.82, 2.24) is 0 Å². The van der Waals surface area contributed by atoms with Crippen molar-refractivity contribution < 1.29 is 20.5 Å². The van der Waals surface area contributed by atoms with Crippen LogP contribution in [0, 0.1) is 0 Å². The highest BCUT2D eigenvalue weighted by molar-refractivity contribution is 5.85. The van der Waals surface area contributed by atoms with Crippen molar-refractivity contribution >= 4 is 12.0 Å². The lowest BCUT2D eigenvalue weighted by molar-refractivity contribution is -0.131. The molecule has 0 amide bonds. The Morgan fingerprint density at radius 2 is 1.77 bits per heavy atom. The second kappa shape index (κ2) is 4.95. The molecule has 0 saturated heterocycles. The Hall–Kier alpha value is -1.81. The van der Waals surface area contributed by atoms with Gasteiger partial charge in [0.15, 0.2) is 0 Å². The molecule has 0 spiro atoms. The summed E-state index contributed by atoms with van der Waals surface area (Å²) in [5.41, 5.74) is 0.746. The van der Waals surface area contributed by atoms with Gasteiger partial charge in [-0.15, -0.1) is 0 Å². The summed E-state index contributed by atoms with van der Waals surface area (Å²) in [6, 6.07) is 6.27. The molecule has 0 saturated carbocycles. The molecule has 0 atom stereocenters. The molecule has 70 valence electrons. The number of aromatic hydroxyl groups is 1. The van der Waals surface area contributed by atoms with E-state index in [1.807, 2.05) is 0 Å². The highest BCUT2D eigenvalue weighted by atomic mass is 16.4. The zero-order chi connectivity index (χ0) is 8.97. The van der Waals surface area contributed by atoms with Crippen molar-refractivity contribution in [2.75, 3.05) is 0 Å². The molecule has 0 bridgehead atoms. The zero-order valence-corrected chi connectivity index (χ0v) is 6.77. The number of hydrogen-bond donors (Lipinski definition) is 2. The normalized spacial score (nSPS) is 9.54. The SMILES string of the molecule is O.O=C(O)C=Cc1ccc(O)cc1. The van der Waals surface area contributed by atoms with Crippen molar-refractivity contribution in [2.45, 2.75) is 0 Å². The molecule has 13 heavy (non-hydrogen) atoms. The van der Waals surface area contributed by atoms with Crippen LogP contribution >= 0.6 is 0 Å². The Morgan fingerprint density at radius 3 is 2.23 bits per heavy atom. The van der Waals surface area contributed by atoms with Gasteiger partial charge in [0.25, 0.3) is 0 Å². The molecule has 1 rings (SSSR count). The molecule has 0 aliphatic carbocycles. The van der Waals surface area contributed by atoms with E-state index in [1.54, 1.807) is 12.1 Å². The number of carbonyl (C=O) groups is 1.